The molecule has 1 N–H and O–H groups in total. The van der Waals surface area contributed by atoms with Gasteiger partial charge < -0.3 is 10.1 Å². The highest BCUT2D eigenvalue weighted by atomic mass is 16.6. The van der Waals surface area contributed by atoms with Crippen LogP contribution in [0.2, 0.25) is 0 Å². The third kappa shape index (κ3) is 4.69. The first-order chi connectivity index (χ1) is 16.8. The molecule has 0 saturated carbocycles. The van der Waals surface area contributed by atoms with E-state index in [9.17, 15) is 4.79 Å². The van der Waals surface area contributed by atoms with Crippen LogP contribution >= 0.6 is 0 Å². The van der Waals surface area contributed by atoms with E-state index in [1.165, 1.54) is 4.90 Å². The molecule has 2 atom stereocenters. The quantitative estimate of drug-likeness (QED) is 0.392. The van der Waals surface area contributed by atoms with Gasteiger partial charge >= 0.3 is 6.09 Å². The molecule has 0 aromatic heterocycles. The summed E-state index contributed by atoms with van der Waals surface area (Å²) >= 11 is 0. The smallest absolute Gasteiger partial charge is 0.421 e. The van der Waals surface area contributed by atoms with Crippen LogP contribution in [0, 0.1) is 0 Å². The van der Waals surface area contributed by atoms with Crippen LogP contribution in [0.25, 0.3) is 0 Å². The van der Waals surface area contributed by atoms with Gasteiger partial charge in [-0.05, 0) is 28.8 Å². The number of hydrogen-bond donors (Lipinski definition) is 1. The molecule has 4 aromatic carbocycles. The minimum atomic E-state index is -0.484. The third-order valence-corrected chi connectivity index (χ3v) is 5.78. The molecule has 5 nitrogen and oxygen atoms in total. The molecule has 0 fully saturated rings. The summed E-state index contributed by atoms with van der Waals surface area (Å²) in [5.41, 5.74) is 3.78. The predicted molar refractivity (Wildman–Crippen MR) is 134 cm³/mol. The van der Waals surface area contributed by atoms with E-state index < -0.39 is 6.09 Å². The topological polar surface area (TPSA) is 53.9 Å². The van der Waals surface area contributed by atoms with Crippen LogP contribution in [0.4, 0.5) is 10.5 Å². The van der Waals surface area contributed by atoms with Gasteiger partial charge in [0.25, 0.3) is 0 Å². The van der Waals surface area contributed by atoms with Crippen molar-refractivity contribution in [1.29, 1.82) is 0 Å². The van der Waals surface area contributed by atoms with Gasteiger partial charge in [-0.1, -0.05) is 109 Å². The van der Waals surface area contributed by atoms with E-state index in [4.69, 9.17) is 9.73 Å². The Labute approximate surface area is 199 Å². The first-order valence-corrected chi connectivity index (χ1v) is 11.3. The second-order valence-electron chi connectivity index (χ2n) is 8.05. The molecule has 1 aliphatic rings. The lowest BCUT2D eigenvalue weighted by atomic mass is 9.95. The maximum Gasteiger partial charge on any atom is 0.421 e. The fourth-order valence-corrected chi connectivity index (χ4v) is 4.10. The van der Waals surface area contributed by atoms with Gasteiger partial charge in [-0.25, -0.2) is 14.7 Å². The molecule has 1 aliphatic heterocycles. The zero-order chi connectivity index (χ0) is 23.2. The highest BCUT2D eigenvalue weighted by Crippen LogP contribution is 2.37. The number of guanidine groups is 1. The first-order valence-electron chi connectivity index (χ1n) is 11.3. The molecule has 0 radical (unpaired) electrons. The summed E-state index contributed by atoms with van der Waals surface area (Å²) in [6, 6.07) is 39.1. The Morgan fingerprint density at radius 3 is 1.88 bits per heavy atom. The summed E-state index contributed by atoms with van der Waals surface area (Å²) < 4.78 is 5.71. The average molecular weight is 448 g/mol. The van der Waals surface area contributed by atoms with Crippen molar-refractivity contribution in [2.45, 2.75) is 18.7 Å². The van der Waals surface area contributed by atoms with Crippen molar-refractivity contribution in [3.05, 3.63) is 138 Å². The molecule has 5 rings (SSSR count). The number of para-hydroxylation sites is 1. The second-order valence-corrected chi connectivity index (χ2v) is 8.05. The van der Waals surface area contributed by atoms with Crippen molar-refractivity contribution in [3.63, 3.8) is 0 Å². The second kappa shape index (κ2) is 10.0. The average Bonchev–Trinajstić information content (AvgIpc) is 3.35. The van der Waals surface area contributed by atoms with Crippen LogP contribution in [-0.4, -0.2) is 12.1 Å². The molecular formula is C29H25N3O2. The summed E-state index contributed by atoms with van der Waals surface area (Å²) in [6.45, 7) is 0.181. The number of nitrogens with zero attached hydrogens (tertiary/aromatic N) is 2. The number of amides is 1. The number of rotatable bonds is 5. The van der Waals surface area contributed by atoms with Gasteiger partial charge in [-0.2, -0.15) is 0 Å². The van der Waals surface area contributed by atoms with Crippen LogP contribution in [0.15, 0.2) is 126 Å². The fourth-order valence-electron chi connectivity index (χ4n) is 4.10. The van der Waals surface area contributed by atoms with E-state index in [2.05, 4.69) is 29.6 Å². The molecule has 4 aromatic rings. The Morgan fingerprint density at radius 2 is 1.26 bits per heavy atom. The van der Waals surface area contributed by atoms with Crippen LogP contribution in [-0.2, 0) is 11.3 Å². The Hall–Kier alpha value is -4.38. The molecular weight excluding hydrogens is 422 g/mol. The summed E-state index contributed by atoms with van der Waals surface area (Å²) in [6.07, 6.45) is -0.484. The van der Waals surface area contributed by atoms with Gasteiger partial charge in [0.05, 0.1) is 11.7 Å². The maximum atomic E-state index is 13.4. The molecule has 0 unspecified atom stereocenters. The Kier molecular flexibility index (Phi) is 6.34. The van der Waals surface area contributed by atoms with Crippen molar-refractivity contribution in [2.75, 3.05) is 4.90 Å². The number of carbonyl (C=O) groups excluding carboxylic acids is 1. The molecule has 0 spiro atoms. The highest BCUT2D eigenvalue weighted by molar-refractivity contribution is 6.14. The Morgan fingerprint density at radius 1 is 0.735 bits per heavy atom. The highest BCUT2D eigenvalue weighted by Gasteiger charge is 2.36. The lowest BCUT2D eigenvalue weighted by molar-refractivity contribution is 0.150. The number of ether oxygens (including phenoxy) is 1. The molecule has 0 bridgehead atoms. The van der Waals surface area contributed by atoms with Gasteiger partial charge in [0.1, 0.15) is 12.6 Å². The largest absolute Gasteiger partial charge is 0.444 e. The molecule has 1 amide bonds. The summed E-state index contributed by atoms with van der Waals surface area (Å²) in [5, 5.41) is 3.51. The number of benzene rings is 4. The van der Waals surface area contributed by atoms with Gasteiger partial charge in [0.15, 0.2) is 0 Å². The standard InChI is InChI=1S/C29H25N3O2/c33-29(34-21-22-13-5-1-6-14-22)32(25-19-11-4-12-20-25)28-30-26(23-15-7-2-8-16-23)27(31-28)24-17-9-3-10-18-24/h1-20,26-27H,21H2,(H,30,31)/t26-,27+. The van der Waals surface area contributed by atoms with Crippen molar-refractivity contribution in [3.8, 4) is 0 Å². The summed E-state index contributed by atoms with van der Waals surface area (Å²) in [5.74, 6) is 0.465. The lowest BCUT2D eigenvalue weighted by Gasteiger charge is -2.24. The van der Waals surface area contributed by atoms with E-state index >= 15 is 0 Å². The summed E-state index contributed by atoms with van der Waals surface area (Å²) in [4.78, 5) is 19.9. The monoisotopic (exact) mass is 447 g/mol. The number of nitrogens with one attached hydrogen (secondary N) is 1. The van der Waals surface area contributed by atoms with Crippen molar-refractivity contribution < 1.29 is 9.53 Å². The predicted octanol–water partition coefficient (Wildman–Crippen LogP) is 6.27. The third-order valence-electron chi connectivity index (χ3n) is 5.78. The van der Waals surface area contributed by atoms with Crippen LogP contribution < -0.4 is 10.2 Å². The normalized spacial score (nSPS) is 16.9. The van der Waals surface area contributed by atoms with Crippen molar-refractivity contribution in [2.24, 2.45) is 4.99 Å². The van der Waals surface area contributed by atoms with Crippen LogP contribution in [0.3, 0.4) is 0 Å². The zero-order valence-electron chi connectivity index (χ0n) is 18.6. The van der Waals surface area contributed by atoms with E-state index in [-0.39, 0.29) is 18.7 Å². The fraction of sp³-hybridized carbons (Fsp3) is 0.103. The first kappa shape index (κ1) is 21.5. The minimum Gasteiger partial charge on any atom is -0.444 e. The van der Waals surface area contributed by atoms with Gasteiger partial charge in [-0.3, -0.25) is 0 Å². The molecule has 1 heterocycles. The van der Waals surface area contributed by atoms with Crippen molar-refractivity contribution in [1.82, 2.24) is 5.32 Å². The van der Waals surface area contributed by atoms with E-state index in [1.807, 2.05) is 97.1 Å². The van der Waals surface area contributed by atoms with Crippen LogP contribution in [0.1, 0.15) is 28.8 Å². The molecule has 5 heteroatoms. The number of hydrogen-bond acceptors (Lipinski definition) is 4. The maximum absolute atomic E-state index is 13.4. The van der Waals surface area contributed by atoms with Gasteiger partial charge in [0.2, 0.25) is 5.96 Å². The molecule has 168 valence electrons. The summed E-state index contributed by atoms with van der Waals surface area (Å²) in [7, 11) is 0. The van der Waals surface area contributed by atoms with Crippen molar-refractivity contribution >= 4 is 17.7 Å². The number of carbonyl (C=O) groups is 1. The lowest BCUT2D eigenvalue weighted by Crippen LogP contribution is -2.44. The van der Waals surface area contributed by atoms with E-state index in [1.54, 1.807) is 0 Å². The van der Waals surface area contributed by atoms with Gasteiger partial charge in [0, 0.05) is 0 Å². The minimum absolute atomic E-state index is 0.119. The van der Waals surface area contributed by atoms with E-state index in [0.717, 1.165) is 16.7 Å². The molecule has 0 saturated heterocycles. The Bertz CT molecular complexity index is 1250. The van der Waals surface area contributed by atoms with Crippen LogP contribution in [0.5, 0.6) is 0 Å². The molecule has 0 aliphatic carbocycles. The number of anilines is 1. The molecule has 34 heavy (non-hydrogen) atoms. The Balaban J connectivity index is 1.49. The van der Waals surface area contributed by atoms with Gasteiger partial charge in [-0.15, -0.1) is 0 Å². The SMILES string of the molecule is O=C(OCc1ccccc1)N(C1=N[C@H](c2ccccc2)[C@H](c2ccccc2)N1)c1ccccc1. The number of aliphatic imine (C=N–C) groups is 1. The zero-order valence-corrected chi connectivity index (χ0v) is 18.6. The van der Waals surface area contributed by atoms with E-state index in [0.29, 0.717) is 11.6 Å².